The molecule has 3 rings (SSSR count). The summed E-state index contributed by atoms with van der Waals surface area (Å²) in [6.07, 6.45) is 1.63. The fourth-order valence-corrected chi connectivity index (χ4v) is 3.15. The number of fused-ring (bicyclic) bond motifs is 1. The van der Waals surface area contributed by atoms with Crippen molar-refractivity contribution in [1.82, 2.24) is 4.57 Å². The Morgan fingerprint density at radius 1 is 1.21 bits per heavy atom. The van der Waals surface area contributed by atoms with E-state index in [2.05, 4.69) is 5.32 Å². The molecule has 0 saturated heterocycles. The minimum absolute atomic E-state index is 0.0696. The van der Waals surface area contributed by atoms with Gasteiger partial charge in [0.1, 0.15) is 18.0 Å². The molecule has 0 radical (unpaired) electrons. The SMILES string of the molecule is COc1ccc(NC(=O)Cn2ccc3sccc3c2=O)c(OC)c1. The monoisotopic (exact) mass is 344 g/mol. The molecule has 2 aromatic heterocycles. The first-order chi connectivity index (χ1) is 11.6. The van der Waals surface area contributed by atoms with Crippen LogP contribution in [-0.4, -0.2) is 24.7 Å². The highest BCUT2D eigenvalue weighted by Gasteiger charge is 2.11. The van der Waals surface area contributed by atoms with Crippen LogP contribution in [0.4, 0.5) is 5.69 Å². The van der Waals surface area contributed by atoms with Gasteiger partial charge in [0.25, 0.3) is 5.56 Å². The van der Waals surface area contributed by atoms with Crippen LogP contribution in [-0.2, 0) is 11.3 Å². The predicted molar refractivity (Wildman–Crippen MR) is 94.3 cm³/mol. The van der Waals surface area contributed by atoms with Gasteiger partial charge in [0.15, 0.2) is 0 Å². The first-order valence-corrected chi connectivity index (χ1v) is 8.09. The van der Waals surface area contributed by atoms with Crippen molar-refractivity contribution in [2.75, 3.05) is 19.5 Å². The zero-order valence-corrected chi connectivity index (χ0v) is 14.1. The average Bonchev–Trinajstić information content (AvgIpc) is 3.07. The van der Waals surface area contributed by atoms with Gasteiger partial charge in [-0.25, -0.2) is 0 Å². The van der Waals surface area contributed by atoms with E-state index in [1.165, 1.54) is 23.0 Å². The first kappa shape index (κ1) is 16.1. The van der Waals surface area contributed by atoms with Crippen molar-refractivity contribution in [1.29, 1.82) is 0 Å². The number of carbonyl (C=O) groups is 1. The summed E-state index contributed by atoms with van der Waals surface area (Å²) in [6.45, 7) is -0.0696. The number of benzene rings is 1. The fraction of sp³-hybridized carbons (Fsp3) is 0.176. The van der Waals surface area contributed by atoms with E-state index in [0.29, 0.717) is 22.6 Å². The molecule has 0 saturated carbocycles. The fourth-order valence-electron chi connectivity index (χ4n) is 2.38. The van der Waals surface area contributed by atoms with Crippen LogP contribution >= 0.6 is 11.3 Å². The average molecular weight is 344 g/mol. The number of hydrogen-bond donors (Lipinski definition) is 1. The second-order valence-corrected chi connectivity index (χ2v) is 6.01. The van der Waals surface area contributed by atoms with E-state index in [0.717, 1.165) is 4.70 Å². The van der Waals surface area contributed by atoms with Crippen molar-refractivity contribution in [2.45, 2.75) is 6.54 Å². The van der Waals surface area contributed by atoms with E-state index in [4.69, 9.17) is 9.47 Å². The van der Waals surface area contributed by atoms with Gasteiger partial charge in [0, 0.05) is 17.0 Å². The summed E-state index contributed by atoms with van der Waals surface area (Å²) in [4.78, 5) is 24.6. The number of nitrogens with one attached hydrogen (secondary N) is 1. The van der Waals surface area contributed by atoms with Crippen molar-refractivity contribution < 1.29 is 14.3 Å². The normalized spacial score (nSPS) is 10.6. The van der Waals surface area contributed by atoms with Gasteiger partial charge >= 0.3 is 0 Å². The Labute approximate surface area is 142 Å². The standard InChI is InChI=1S/C17H16N2O4S/c1-22-11-3-4-13(14(9-11)23-2)18-16(20)10-19-7-5-15-12(17(19)21)6-8-24-15/h3-9H,10H2,1-2H3,(H,18,20). The number of aromatic nitrogens is 1. The summed E-state index contributed by atoms with van der Waals surface area (Å²) in [5, 5.41) is 5.24. The second-order valence-electron chi connectivity index (χ2n) is 5.06. The lowest BCUT2D eigenvalue weighted by molar-refractivity contribution is -0.116. The van der Waals surface area contributed by atoms with Crippen LogP contribution in [0.3, 0.4) is 0 Å². The maximum atomic E-state index is 12.3. The Bertz CT molecular complexity index is 945. The van der Waals surface area contributed by atoms with E-state index in [1.54, 1.807) is 37.6 Å². The quantitative estimate of drug-likeness (QED) is 0.773. The number of methoxy groups -OCH3 is 2. The molecule has 124 valence electrons. The zero-order chi connectivity index (χ0) is 17.1. The third kappa shape index (κ3) is 3.11. The number of ether oxygens (including phenoxy) is 2. The molecule has 3 aromatic rings. The second kappa shape index (κ2) is 6.76. The summed E-state index contributed by atoms with van der Waals surface area (Å²) in [6, 6.07) is 8.70. The molecular weight excluding hydrogens is 328 g/mol. The van der Waals surface area contributed by atoms with Gasteiger partial charge < -0.3 is 19.4 Å². The highest BCUT2D eigenvalue weighted by molar-refractivity contribution is 7.17. The van der Waals surface area contributed by atoms with Gasteiger partial charge in [-0.1, -0.05) is 0 Å². The van der Waals surface area contributed by atoms with E-state index in [1.807, 2.05) is 11.4 Å². The Balaban J connectivity index is 1.80. The van der Waals surface area contributed by atoms with Crippen molar-refractivity contribution in [3.8, 4) is 11.5 Å². The zero-order valence-electron chi connectivity index (χ0n) is 13.2. The summed E-state index contributed by atoms with van der Waals surface area (Å²) in [5.41, 5.74) is 0.346. The molecule has 0 atom stereocenters. The molecule has 24 heavy (non-hydrogen) atoms. The number of carbonyl (C=O) groups excluding carboxylic acids is 1. The van der Waals surface area contributed by atoms with Crippen molar-refractivity contribution in [2.24, 2.45) is 0 Å². The number of thiophene rings is 1. The number of rotatable bonds is 5. The van der Waals surface area contributed by atoms with Gasteiger partial charge in [0.2, 0.25) is 5.91 Å². The molecule has 0 unspecified atom stereocenters. The molecule has 1 N–H and O–H groups in total. The molecule has 1 amide bonds. The van der Waals surface area contributed by atoms with Crippen LogP contribution in [0.1, 0.15) is 0 Å². The predicted octanol–water partition coefficient (Wildman–Crippen LogP) is 2.72. The van der Waals surface area contributed by atoms with Crippen molar-refractivity contribution in [3.63, 3.8) is 0 Å². The summed E-state index contributed by atoms with van der Waals surface area (Å²) in [7, 11) is 3.07. The van der Waals surface area contributed by atoms with Crippen LogP contribution in [0.2, 0.25) is 0 Å². The summed E-state index contributed by atoms with van der Waals surface area (Å²) >= 11 is 1.50. The minimum atomic E-state index is -0.310. The number of nitrogens with zero attached hydrogens (tertiary/aromatic N) is 1. The largest absolute Gasteiger partial charge is 0.497 e. The molecule has 7 heteroatoms. The van der Waals surface area contributed by atoms with E-state index in [9.17, 15) is 9.59 Å². The van der Waals surface area contributed by atoms with Crippen LogP contribution in [0.5, 0.6) is 11.5 Å². The molecule has 0 spiro atoms. The summed E-state index contributed by atoms with van der Waals surface area (Å²) in [5.74, 6) is 0.808. The topological polar surface area (TPSA) is 69.6 Å². The molecule has 2 heterocycles. The summed E-state index contributed by atoms with van der Waals surface area (Å²) < 4.78 is 12.7. The van der Waals surface area contributed by atoms with Gasteiger partial charge in [-0.05, 0) is 29.6 Å². The Kier molecular flexibility index (Phi) is 4.52. The molecule has 0 aliphatic rings. The highest BCUT2D eigenvalue weighted by Crippen LogP contribution is 2.29. The number of amides is 1. The molecule has 0 aliphatic heterocycles. The van der Waals surface area contributed by atoms with Crippen molar-refractivity contribution >= 4 is 33.0 Å². The van der Waals surface area contributed by atoms with Gasteiger partial charge in [0.05, 0.1) is 25.3 Å². The third-order valence-electron chi connectivity index (χ3n) is 3.59. The molecule has 6 nitrogen and oxygen atoms in total. The Morgan fingerprint density at radius 2 is 2.04 bits per heavy atom. The number of pyridine rings is 1. The molecular formula is C17H16N2O4S. The maximum absolute atomic E-state index is 12.3. The highest BCUT2D eigenvalue weighted by atomic mass is 32.1. The van der Waals surface area contributed by atoms with E-state index >= 15 is 0 Å². The molecule has 0 bridgehead atoms. The Morgan fingerprint density at radius 3 is 2.79 bits per heavy atom. The van der Waals surface area contributed by atoms with Gasteiger partial charge in [-0.3, -0.25) is 9.59 Å². The van der Waals surface area contributed by atoms with Crippen LogP contribution < -0.4 is 20.3 Å². The van der Waals surface area contributed by atoms with Gasteiger partial charge in [-0.2, -0.15) is 0 Å². The van der Waals surface area contributed by atoms with Gasteiger partial charge in [-0.15, -0.1) is 11.3 Å². The molecule has 0 aliphatic carbocycles. The molecule has 0 fully saturated rings. The number of anilines is 1. The first-order valence-electron chi connectivity index (χ1n) is 7.21. The maximum Gasteiger partial charge on any atom is 0.259 e. The van der Waals surface area contributed by atoms with E-state index < -0.39 is 0 Å². The third-order valence-corrected chi connectivity index (χ3v) is 4.47. The van der Waals surface area contributed by atoms with E-state index in [-0.39, 0.29) is 18.0 Å². The molecule has 1 aromatic carbocycles. The smallest absolute Gasteiger partial charge is 0.259 e. The minimum Gasteiger partial charge on any atom is -0.497 e. The lowest BCUT2D eigenvalue weighted by atomic mass is 10.2. The lowest BCUT2D eigenvalue weighted by Gasteiger charge is -2.12. The van der Waals surface area contributed by atoms with Crippen LogP contribution in [0.25, 0.3) is 10.1 Å². The number of hydrogen-bond acceptors (Lipinski definition) is 5. The van der Waals surface area contributed by atoms with Crippen LogP contribution in [0, 0.1) is 0 Å². The Hall–Kier alpha value is -2.80. The van der Waals surface area contributed by atoms with Crippen molar-refractivity contribution in [3.05, 3.63) is 52.3 Å². The lowest BCUT2D eigenvalue weighted by Crippen LogP contribution is -2.27. The van der Waals surface area contributed by atoms with Crippen LogP contribution in [0.15, 0.2) is 46.7 Å².